The molecule has 2 aromatic carbocycles. The highest BCUT2D eigenvalue weighted by molar-refractivity contribution is 7.91. The van der Waals surface area contributed by atoms with Gasteiger partial charge in [-0.1, -0.05) is 30.9 Å². The van der Waals surface area contributed by atoms with Crippen molar-refractivity contribution in [1.82, 2.24) is 13.8 Å². The van der Waals surface area contributed by atoms with Crippen LogP contribution in [0.5, 0.6) is 5.75 Å². The SMILES string of the molecule is C=Cc1cccc2c1ccn2S(=O)(=O)C1(C)CC=CC(Oc2ccc(F)c(-c3ccn(C4CCCCO4)n3)c2)=C1F. The van der Waals surface area contributed by atoms with Crippen LogP contribution in [0.4, 0.5) is 8.78 Å². The van der Waals surface area contributed by atoms with Gasteiger partial charge in [-0.2, -0.15) is 5.10 Å². The zero-order valence-corrected chi connectivity index (χ0v) is 23.3. The molecule has 2 atom stereocenters. The second-order valence-corrected chi connectivity index (χ2v) is 12.6. The van der Waals surface area contributed by atoms with E-state index < -0.39 is 26.4 Å². The first-order valence-corrected chi connectivity index (χ1v) is 14.9. The lowest BCUT2D eigenvalue weighted by Gasteiger charge is -2.30. The van der Waals surface area contributed by atoms with Crippen molar-refractivity contribution in [3.8, 4) is 17.0 Å². The van der Waals surface area contributed by atoms with Crippen LogP contribution in [0.2, 0.25) is 0 Å². The highest BCUT2D eigenvalue weighted by Crippen LogP contribution is 2.41. The van der Waals surface area contributed by atoms with Crippen LogP contribution in [0.1, 0.15) is 44.4 Å². The highest BCUT2D eigenvalue weighted by atomic mass is 32.2. The number of rotatable bonds is 7. The third kappa shape index (κ3) is 4.61. The van der Waals surface area contributed by atoms with E-state index in [4.69, 9.17) is 9.47 Å². The molecule has 7 nitrogen and oxygen atoms in total. The lowest BCUT2D eigenvalue weighted by atomic mass is 9.99. The molecule has 6 rings (SSSR count). The Morgan fingerprint density at radius 2 is 2.00 bits per heavy atom. The molecule has 4 aromatic rings. The van der Waals surface area contributed by atoms with E-state index in [9.17, 15) is 12.8 Å². The average Bonchev–Trinajstić information content (AvgIpc) is 3.65. The Labute approximate surface area is 237 Å². The van der Waals surface area contributed by atoms with Crippen LogP contribution in [0.15, 0.2) is 91.2 Å². The van der Waals surface area contributed by atoms with Gasteiger partial charge in [-0.25, -0.2) is 25.9 Å². The number of fused-ring (bicyclic) bond motifs is 1. The summed E-state index contributed by atoms with van der Waals surface area (Å²) >= 11 is 0. The molecule has 1 saturated heterocycles. The van der Waals surface area contributed by atoms with E-state index in [1.54, 1.807) is 47.3 Å². The molecule has 212 valence electrons. The predicted octanol–water partition coefficient (Wildman–Crippen LogP) is 7.14. The minimum absolute atomic E-state index is 0.0931. The highest BCUT2D eigenvalue weighted by Gasteiger charge is 2.48. The van der Waals surface area contributed by atoms with Gasteiger partial charge in [-0.3, -0.25) is 0 Å². The first-order valence-electron chi connectivity index (χ1n) is 13.4. The molecule has 10 heteroatoms. The van der Waals surface area contributed by atoms with Crippen LogP contribution >= 0.6 is 0 Å². The monoisotopic (exact) mass is 577 g/mol. The molecule has 1 fully saturated rings. The van der Waals surface area contributed by atoms with Crippen molar-refractivity contribution in [2.45, 2.75) is 43.6 Å². The van der Waals surface area contributed by atoms with Crippen LogP contribution in [-0.4, -0.2) is 33.5 Å². The van der Waals surface area contributed by atoms with Gasteiger partial charge in [-0.05, 0) is 80.6 Å². The van der Waals surface area contributed by atoms with Crippen molar-refractivity contribution in [2.24, 2.45) is 0 Å². The summed E-state index contributed by atoms with van der Waals surface area (Å²) in [6.45, 7) is 5.77. The largest absolute Gasteiger partial charge is 0.455 e. The molecule has 0 amide bonds. The van der Waals surface area contributed by atoms with E-state index in [-0.39, 0.29) is 29.7 Å². The Kier molecular flexibility index (Phi) is 6.91. The summed E-state index contributed by atoms with van der Waals surface area (Å²) < 4.78 is 71.2. The van der Waals surface area contributed by atoms with Gasteiger partial charge in [0.25, 0.3) is 10.0 Å². The number of halogens is 2. The topological polar surface area (TPSA) is 75.3 Å². The van der Waals surface area contributed by atoms with E-state index in [1.807, 2.05) is 6.07 Å². The van der Waals surface area contributed by atoms with E-state index >= 15 is 4.39 Å². The van der Waals surface area contributed by atoms with E-state index in [2.05, 4.69) is 11.7 Å². The summed E-state index contributed by atoms with van der Waals surface area (Å²) in [5.41, 5.74) is 1.75. The van der Waals surface area contributed by atoms with Crippen molar-refractivity contribution in [2.75, 3.05) is 6.61 Å². The first-order chi connectivity index (χ1) is 19.7. The third-order valence-electron chi connectivity index (χ3n) is 7.74. The Balaban J connectivity index is 1.32. The zero-order chi connectivity index (χ0) is 28.8. The molecule has 1 aliphatic heterocycles. The number of nitrogens with zero attached hydrogens (tertiary/aromatic N) is 3. The number of aromatic nitrogens is 3. The Bertz CT molecular complexity index is 1820. The summed E-state index contributed by atoms with van der Waals surface area (Å²) in [7, 11) is -4.28. The van der Waals surface area contributed by atoms with E-state index in [1.165, 1.54) is 37.4 Å². The van der Waals surface area contributed by atoms with Crippen LogP contribution in [0.3, 0.4) is 0 Å². The number of hydrogen-bond donors (Lipinski definition) is 0. The van der Waals surface area contributed by atoms with Gasteiger partial charge < -0.3 is 9.47 Å². The first kappa shape index (κ1) is 27.2. The third-order valence-corrected chi connectivity index (χ3v) is 10.1. The van der Waals surface area contributed by atoms with Crippen molar-refractivity contribution in [1.29, 1.82) is 0 Å². The summed E-state index contributed by atoms with van der Waals surface area (Å²) in [5.74, 6) is -1.58. The van der Waals surface area contributed by atoms with Crippen molar-refractivity contribution in [3.63, 3.8) is 0 Å². The Hall–Kier alpha value is -4.02. The van der Waals surface area contributed by atoms with Gasteiger partial charge in [-0.15, -0.1) is 0 Å². The summed E-state index contributed by atoms with van der Waals surface area (Å²) in [4.78, 5) is 0. The molecule has 0 spiro atoms. The molecule has 41 heavy (non-hydrogen) atoms. The molecular weight excluding hydrogens is 548 g/mol. The summed E-state index contributed by atoms with van der Waals surface area (Å²) in [6, 6.07) is 12.6. The maximum absolute atomic E-state index is 16.1. The van der Waals surface area contributed by atoms with Crippen LogP contribution in [-0.2, 0) is 14.8 Å². The maximum atomic E-state index is 16.1. The predicted molar refractivity (Wildman–Crippen MR) is 154 cm³/mol. The van der Waals surface area contributed by atoms with E-state index in [0.29, 0.717) is 23.2 Å². The zero-order valence-electron chi connectivity index (χ0n) is 22.5. The van der Waals surface area contributed by atoms with Crippen molar-refractivity contribution < 1.29 is 26.7 Å². The standard InChI is InChI=1S/C31H29F2N3O4S/c1-3-21-8-6-9-27-23(21)14-18-36(27)41(37,38)31(2)16-7-10-28(30(31)33)40-22-12-13-25(32)24(20-22)26-15-17-35(34-26)29-11-4-5-19-39-29/h3,6-10,12-15,17-18,20,29H,1,4-5,11,16,19H2,2H3. The van der Waals surface area contributed by atoms with Crippen LogP contribution < -0.4 is 4.74 Å². The molecule has 0 N–H and O–H groups in total. The lowest BCUT2D eigenvalue weighted by Crippen LogP contribution is -2.41. The number of ether oxygens (including phenoxy) is 2. The second-order valence-electron chi connectivity index (χ2n) is 10.4. The molecule has 0 bridgehead atoms. The molecule has 2 unspecified atom stereocenters. The molecule has 3 heterocycles. The summed E-state index contributed by atoms with van der Waals surface area (Å²) in [6.07, 6.45) is 10.3. The minimum atomic E-state index is -4.28. The number of benzene rings is 2. The number of hydrogen-bond acceptors (Lipinski definition) is 5. The fourth-order valence-electron chi connectivity index (χ4n) is 5.35. The molecule has 2 aliphatic rings. The van der Waals surface area contributed by atoms with Gasteiger partial charge in [0.15, 0.2) is 11.6 Å². The van der Waals surface area contributed by atoms with Crippen LogP contribution in [0, 0.1) is 5.82 Å². The quantitative estimate of drug-likeness (QED) is 0.233. The number of allylic oxidation sites excluding steroid dienone is 2. The van der Waals surface area contributed by atoms with Gasteiger partial charge in [0.05, 0.1) is 11.2 Å². The molecule has 2 aromatic heterocycles. The van der Waals surface area contributed by atoms with E-state index in [0.717, 1.165) is 28.8 Å². The molecular formula is C31H29F2N3O4S. The van der Waals surface area contributed by atoms with Crippen molar-refractivity contribution >= 4 is 27.0 Å². The fraction of sp³-hybridized carbons (Fsp3) is 0.258. The lowest BCUT2D eigenvalue weighted by molar-refractivity contribution is -0.0393. The van der Waals surface area contributed by atoms with Gasteiger partial charge in [0, 0.05) is 30.0 Å². The Morgan fingerprint density at radius 1 is 1.15 bits per heavy atom. The molecule has 0 radical (unpaired) electrons. The minimum Gasteiger partial charge on any atom is -0.455 e. The maximum Gasteiger partial charge on any atom is 0.251 e. The smallest absolute Gasteiger partial charge is 0.251 e. The normalized spacial score (nSPS) is 21.4. The van der Waals surface area contributed by atoms with Gasteiger partial charge in [0.2, 0.25) is 0 Å². The van der Waals surface area contributed by atoms with Gasteiger partial charge in [0.1, 0.15) is 22.5 Å². The fourth-order valence-corrected chi connectivity index (χ4v) is 7.06. The van der Waals surface area contributed by atoms with Crippen molar-refractivity contribution in [3.05, 3.63) is 103 Å². The molecule has 1 aliphatic carbocycles. The van der Waals surface area contributed by atoms with Crippen LogP contribution in [0.25, 0.3) is 28.2 Å². The summed E-state index contributed by atoms with van der Waals surface area (Å²) in [5, 5.41) is 5.19. The Morgan fingerprint density at radius 3 is 2.78 bits per heavy atom. The average molecular weight is 578 g/mol. The second kappa shape index (κ2) is 10.4. The molecule has 0 saturated carbocycles. The van der Waals surface area contributed by atoms with Gasteiger partial charge >= 0.3 is 0 Å².